The van der Waals surface area contributed by atoms with E-state index in [1.165, 1.54) is 28.7 Å². The van der Waals surface area contributed by atoms with Crippen LogP contribution in [0.25, 0.3) is 11.2 Å². The molecule has 2 fully saturated rings. The van der Waals surface area contributed by atoms with Crippen molar-refractivity contribution in [2.75, 3.05) is 44.2 Å². The Hall–Kier alpha value is -1.12. The first kappa shape index (κ1) is 23.1. The van der Waals surface area contributed by atoms with E-state index in [9.17, 15) is 4.57 Å². The van der Waals surface area contributed by atoms with Crippen molar-refractivity contribution in [2.45, 2.75) is 25.4 Å². The maximum Gasteiger partial charge on any atom is 0.475 e. The van der Waals surface area contributed by atoms with Crippen LogP contribution in [-0.4, -0.2) is 75.3 Å². The molecule has 4 heterocycles. The van der Waals surface area contributed by atoms with Crippen molar-refractivity contribution in [1.29, 1.82) is 0 Å². The van der Waals surface area contributed by atoms with Gasteiger partial charge in [0.05, 0.1) is 33.3 Å². The fraction of sp³-hybridized carbons (Fsp3) is 0.688. The van der Waals surface area contributed by atoms with Gasteiger partial charge in [-0.05, 0) is 0 Å². The highest BCUT2D eigenvalue weighted by atomic mass is 33.1. The Kier molecular flexibility index (Phi) is 7.28. The second-order valence-electron chi connectivity index (χ2n) is 6.85. The lowest BCUT2D eigenvalue weighted by atomic mass is 10.0. The highest BCUT2D eigenvalue weighted by Gasteiger charge is 2.52. The predicted octanol–water partition coefficient (Wildman–Crippen LogP) is 1.86. The average molecular weight is 494 g/mol. The van der Waals surface area contributed by atoms with Crippen LogP contribution in [0.15, 0.2) is 6.33 Å². The Balaban J connectivity index is 1.44. The van der Waals surface area contributed by atoms with Gasteiger partial charge in [0.15, 0.2) is 11.2 Å². The van der Waals surface area contributed by atoms with Crippen molar-refractivity contribution in [3.63, 3.8) is 0 Å². The Morgan fingerprint density at radius 3 is 2.97 bits per heavy atom. The number of aliphatic hydroxyl groups is 1. The third-order valence-electron chi connectivity index (χ3n) is 4.84. The molecular weight excluding hydrogens is 469 g/mol. The number of nitrogens with zero attached hydrogens (tertiary/aromatic N) is 4. The molecule has 0 aliphatic carbocycles. The molecule has 0 aromatic carbocycles. The smallest absolute Gasteiger partial charge is 0.475 e. The van der Waals surface area contributed by atoms with Crippen molar-refractivity contribution in [3.8, 4) is 5.88 Å². The van der Waals surface area contributed by atoms with Gasteiger partial charge in [0.2, 0.25) is 11.8 Å². The normalized spacial score (nSPS) is 30.5. The van der Waals surface area contributed by atoms with E-state index in [-0.39, 0.29) is 37.6 Å². The minimum Gasteiger partial charge on any atom is -0.479 e. The fourth-order valence-corrected chi connectivity index (χ4v) is 6.67. The molecule has 172 valence electrons. The number of fused-ring (bicyclic) bond motifs is 2. The summed E-state index contributed by atoms with van der Waals surface area (Å²) in [5, 5.41) is 8.78. The van der Waals surface area contributed by atoms with E-state index >= 15 is 0 Å². The molecule has 15 heteroatoms. The highest BCUT2D eigenvalue weighted by Crippen LogP contribution is 2.58. The number of hydrogen-bond donors (Lipinski definition) is 2. The van der Waals surface area contributed by atoms with Crippen LogP contribution in [0, 0.1) is 5.92 Å². The van der Waals surface area contributed by atoms with Gasteiger partial charge in [-0.25, -0.2) is 9.55 Å². The van der Waals surface area contributed by atoms with Crippen molar-refractivity contribution in [1.82, 2.24) is 19.5 Å². The Bertz CT molecular complexity index is 966. The number of imidazole rings is 1. The molecule has 5 atom stereocenters. The molecule has 2 aromatic rings. The van der Waals surface area contributed by atoms with Gasteiger partial charge in [-0.1, -0.05) is 28.5 Å². The first-order valence-electron chi connectivity index (χ1n) is 9.58. The third kappa shape index (κ3) is 4.81. The molecule has 31 heavy (non-hydrogen) atoms. The van der Waals surface area contributed by atoms with E-state index in [2.05, 4.69) is 15.0 Å². The second kappa shape index (κ2) is 9.79. The Morgan fingerprint density at radius 1 is 1.39 bits per heavy atom. The minimum absolute atomic E-state index is 0.0571. The minimum atomic E-state index is -3.69. The zero-order chi connectivity index (χ0) is 22.0. The summed E-state index contributed by atoms with van der Waals surface area (Å²) in [5.41, 5.74) is 6.73. The molecule has 2 aromatic heterocycles. The summed E-state index contributed by atoms with van der Waals surface area (Å²) < 4.78 is 42.6. The van der Waals surface area contributed by atoms with E-state index < -0.39 is 26.3 Å². The predicted molar refractivity (Wildman–Crippen MR) is 116 cm³/mol. The Morgan fingerprint density at radius 2 is 2.19 bits per heavy atom. The molecule has 0 bridgehead atoms. The Labute approximate surface area is 186 Å². The standard InChI is InChI=1S/C16H24N5O7PS2/c1-9-12-10(7-26-29(23,28-12)25-4-6-31-30-5-3-22)27-15(9)21-8-18-11-13(21)19-16(17)20-14(11)24-2/h8-10,12,15,22H,3-7H2,1-2H3,(H2,17,19,20). The quantitative estimate of drug-likeness (QED) is 0.297. The molecule has 2 aliphatic rings. The lowest BCUT2D eigenvalue weighted by molar-refractivity contribution is -0.0700. The molecule has 0 saturated carbocycles. The number of hydrogen-bond acceptors (Lipinski definition) is 13. The topological polar surface area (TPSA) is 153 Å². The monoisotopic (exact) mass is 493 g/mol. The molecule has 2 saturated heterocycles. The van der Waals surface area contributed by atoms with Gasteiger partial charge in [0, 0.05) is 17.4 Å². The zero-order valence-electron chi connectivity index (χ0n) is 16.9. The van der Waals surface area contributed by atoms with Gasteiger partial charge in [-0.3, -0.25) is 18.1 Å². The number of ether oxygens (including phenoxy) is 2. The number of phosphoric ester groups is 1. The summed E-state index contributed by atoms with van der Waals surface area (Å²) in [6, 6.07) is 0. The van der Waals surface area contributed by atoms with Crippen molar-refractivity contribution in [3.05, 3.63) is 6.33 Å². The van der Waals surface area contributed by atoms with E-state index in [1.807, 2.05) is 6.92 Å². The zero-order valence-corrected chi connectivity index (χ0v) is 19.5. The van der Waals surface area contributed by atoms with Crippen LogP contribution in [0.3, 0.4) is 0 Å². The van der Waals surface area contributed by atoms with Gasteiger partial charge in [0.1, 0.15) is 18.4 Å². The summed E-state index contributed by atoms with van der Waals surface area (Å²) in [6.45, 7) is 2.34. The first-order chi connectivity index (χ1) is 15.0. The number of nitrogen functional groups attached to an aromatic ring is 1. The van der Waals surface area contributed by atoms with Crippen LogP contribution in [0.4, 0.5) is 5.95 Å². The summed E-state index contributed by atoms with van der Waals surface area (Å²) in [4.78, 5) is 12.6. The number of phosphoric acid groups is 1. The molecule has 0 radical (unpaired) electrons. The van der Waals surface area contributed by atoms with Gasteiger partial charge < -0.3 is 20.3 Å². The van der Waals surface area contributed by atoms with Crippen LogP contribution < -0.4 is 10.5 Å². The third-order valence-corrected chi connectivity index (χ3v) is 8.66. The van der Waals surface area contributed by atoms with Crippen LogP contribution in [-0.2, 0) is 22.9 Å². The SMILES string of the molecule is COc1nc(N)nc2c1ncn2C1OC2COP(=O)(OCCSSCCO)OC2C1C. The van der Waals surface area contributed by atoms with E-state index in [0.29, 0.717) is 22.7 Å². The largest absolute Gasteiger partial charge is 0.479 e. The molecule has 12 nitrogen and oxygen atoms in total. The second-order valence-corrected chi connectivity index (χ2v) is 11.2. The maximum atomic E-state index is 12.9. The molecule has 4 rings (SSSR count). The summed E-state index contributed by atoms with van der Waals surface area (Å²) >= 11 is 0. The molecule has 5 unspecified atom stereocenters. The van der Waals surface area contributed by atoms with Crippen LogP contribution in [0.1, 0.15) is 13.2 Å². The molecule has 0 spiro atoms. The average Bonchev–Trinajstić information content (AvgIpc) is 3.31. The number of anilines is 1. The summed E-state index contributed by atoms with van der Waals surface area (Å²) in [6.07, 6.45) is 0.190. The molecule has 3 N–H and O–H groups in total. The van der Waals surface area contributed by atoms with Gasteiger partial charge in [0.25, 0.3) is 0 Å². The van der Waals surface area contributed by atoms with Gasteiger partial charge >= 0.3 is 7.82 Å². The van der Waals surface area contributed by atoms with Crippen molar-refractivity contribution in [2.24, 2.45) is 5.92 Å². The van der Waals surface area contributed by atoms with E-state index in [0.717, 1.165) is 0 Å². The van der Waals surface area contributed by atoms with E-state index in [4.69, 9.17) is 33.9 Å². The summed E-state index contributed by atoms with van der Waals surface area (Å²) in [7, 11) is 0.828. The summed E-state index contributed by atoms with van der Waals surface area (Å²) in [5.74, 6) is 1.35. The van der Waals surface area contributed by atoms with Gasteiger partial charge in [-0.15, -0.1) is 0 Å². The van der Waals surface area contributed by atoms with Crippen LogP contribution in [0.5, 0.6) is 5.88 Å². The number of rotatable bonds is 9. The number of methoxy groups -OCH3 is 1. The first-order valence-corrected chi connectivity index (χ1v) is 13.5. The van der Waals surface area contributed by atoms with Gasteiger partial charge in [-0.2, -0.15) is 9.97 Å². The van der Waals surface area contributed by atoms with E-state index in [1.54, 1.807) is 10.9 Å². The van der Waals surface area contributed by atoms with Crippen LogP contribution in [0.2, 0.25) is 0 Å². The van der Waals surface area contributed by atoms with Crippen LogP contribution >= 0.6 is 29.4 Å². The van der Waals surface area contributed by atoms with Crippen molar-refractivity contribution < 1.29 is 32.7 Å². The fourth-order valence-electron chi connectivity index (χ4n) is 3.48. The highest BCUT2D eigenvalue weighted by molar-refractivity contribution is 8.76. The lowest BCUT2D eigenvalue weighted by Gasteiger charge is -2.31. The number of nitrogens with two attached hydrogens (primary N) is 1. The number of aromatic nitrogens is 4. The molecule has 0 amide bonds. The van der Waals surface area contributed by atoms with Crippen molar-refractivity contribution >= 4 is 46.5 Å². The molecular formula is C16H24N5O7PS2. The number of aliphatic hydroxyl groups excluding tert-OH is 1. The lowest BCUT2D eigenvalue weighted by Crippen LogP contribution is -2.36. The molecule has 2 aliphatic heterocycles. The maximum absolute atomic E-state index is 12.9.